The van der Waals surface area contributed by atoms with Gasteiger partial charge in [0.15, 0.2) is 5.96 Å². The molecule has 1 aromatic rings. The third-order valence-electron chi connectivity index (χ3n) is 1.23. The Bertz CT molecular complexity index is 224. The van der Waals surface area contributed by atoms with E-state index in [0.717, 1.165) is 12.2 Å². The van der Waals surface area contributed by atoms with E-state index in [-0.39, 0.29) is 5.96 Å². The van der Waals surface area contributed by atoms with E-state index in [9.17, 15) is 0 Å². The summed E-state index contributed by atoms with van der Waals surface area (Å²) >= 11 is 0. The van der Waals surface area contributed by atoms with Crippen LogP contribution in [0.4, 0.5) is 0 Å². The predicted molar refractivity (Wildman–Crippen MR) is 43.1 cm³/mol. The summed E-state index contributed by atoms with van der Waals surface area (Å²) in [5, 5.41) is 0. The number of nitrogens with two attached hydrogens (primary N) is 2. The normalized spacial score (nSPS) is 9.45. The number of nitrogens with zero attached hydrogens (tertiary/aromatic N) is 1. The van der Waals surface area contributed by atoms with Gasteiger partial charge in [-0.3, -0.25) is 4.99 Å². The Morgan fingerprint density at radius 2 is 2.36 bits per heavy atom. The van der Waals surface area contributed by atoms with Gasteiger partial charge in [0.1, 0.15) is 5.76 Å². The molecule has 4 heteroatoms. The lowest BCUT2D eigenvalue weighted by atomic mass is 10.3. The van der Waals surface area contributed by atoms with Crippen molar-refractivity contribution in [2.45, 2.75) is 6.42 Å². The number of hydrogen-bond donors (Lipinski definition) is 2. The summed E-state index contributed by atoms with van der Waals surface area (Å²) in [5.74, 6) is 1.02. The van der Waals surface area contributed by atoms with Gasteiger partial charge in [0.2, 0.25) is 0 Å². The quantitative estimate of drug-likeness (QED) is 0.477. The van der Waals surface area contributed by atoms with Crippen LogP contribution in [0.3, 0.4) is 0 Å². The van der Waals surface area contributed by atoms with Crippen LogP contribution in [0.15, 0.2) is 27.8 Å². The van der Waals surface area contributed by atoms with E-state index < -0.39 is 0 Å². The molecule has 11 heavy (non-hydrogen) atoms. The first-order valence-electron chi connectivity index (χ1n) is 3.37. The second-order valence-corrected chi connectivity index (χ2v) is 2.14. The highest BCUT2D eigenvalue weighted by atomic mass is 16.3. The highest BCUT2D eigenvalue weighted by Crippen LogP contribution is 2.00. The van der Waals surface area contributed by atoms with Gasteiger partial charge in [-0.25, -0.2) is 0 Å². The van der Waals surface area contributed by atoms with Crippen LogP contribution in [0.1, 0.15) is 5.76 Å². The van der Waals surface area contributed by atoms with Crippen LogP contribution in [-0.4, -0.2) is 12.5 Å². The minimum Gasteiger partial charge on any atom is -0.469 e. The highest BCUT2D eigenvalue weighted by Gasteiger charge is 1.92. The van der Waals surface area contributed by atoms with Crippen LogP contribution < -0.4 is 11.5 Å². The van der Waals surface area contributed by atoms with Gasteiger partial charge in [-0.15, -0.1) is 0 Å². The van der Waals surface area contributed by atoms with E-state index in [1.807, 2.05) is 12.1 Å². The van der Waals surface area contributed by atoms with Crippen molar-refractivity contribution in [3.63, 3.8) is 0 Å². The fourth-order valence-electron chi connectivity index (χ4n) is 0.750. The summed E-state index contributed by atoms with van der Waals surface area (Å²) in [5.41, 5.74) is 10.3. The molecule has 4 nitrogen and oxygen atoms in total. The van der Waals surface area contributed by atoms with Crippen LogP contribution in [0, 0.1) is 0 Å². The van der Waals surface area contributed by atoms with Crippen LogP contribution in [-0.2, 0) is 6.42 Å². The molecule has 1 aromatic heterocycles. The molecule has 0 saturated carbocycles. The molecule has 1 rings (SSSR count). The van der Waals surface area contributed by atoms with Crippen molar-refractivity contribution in [1.29, 1.82) is 0 Å². The average Bonchev–Trinajstić information content (AvgIpc) is 2.39. The van der Waals surface area contributed by atoms with E-state index in [1.165, 1.54) is 0 Å². The van der Waals surface area contributed by atoms with E-state index in [0.29, 0.717) is 6.54 Å². The van der Waals surface area contributed by atoms with Gasteiger partial charge in [-0.1, -0.05) is 0 Å². The first-order valence-corrected chi connectivity index (χ1v) is 3.37. The van der Waals surface area contributed by atoms with Gasteiger partial charge in [-0.05, 0) is 12.1 Å². The summed E-state index contributed by atoms with van der Waals surface area (Å²) in [6.45, 7) is 0.579. The lowest BCUT2D eigenvalue weighted by Gasteiger charge is -1.91. The Hall–Kier alpha value is -1.45. The Morgan fingerprint density at radius 3 is 2.91 bits per heavy atom. The molecule has 0 spiro atoms. The number of aliphatic imine (C=N–C) groups is 1. The van der Waals surface area contributed by atoms with E-state index in [1.54, 1.807) is 6.26 Å². The van der Waals surface area contributed by atoms with Gasteiger partial charge in [0.05, 0.1) is 6.26 Å². The zero-order valence-corrected chi connectivity index (χ0v) is 6.16. The molecule has 1 heterocycles. The fourth-order valence-corrected chi connectivity index (χ4v) is 0.750. The Morgan fingerprint density at radius 1 is 1.55 bits per heavy atom. The maximum atomic E-state index is 5.13. The van der Waals surface area contributed by atoms with Crippen molar-refractivity contribution in [1.82, 2.24) is 0 Å². The zero-order chi connectivity index (χ0) is 8.10. The molecule has 4 N–H and O–H groups in total. The average molecular weight is 153 g/mol. The molecule has 0 aliphatic heterocycles. The van der Waals surface area contributed by atoms with E-state index in [2.05, 4.69) is 4.99 Å². The summed E-state index contributed by atoms with van der Waals surface area (Å²) in [7, 11) is 0. The molecule has 0 unspecified atom stereocenters. The zero-order valence-electron chi connectivity index (χ0n) is 6.16. The van der Waals surface area contributed by atoms with Gasteiger partial charge in [-0.2, -0.15) is 0 Å². The Kier molecular flexibility index (Phi) is 2.54. The molecule has 0 bridgehead atoms. The van der Waals surface area contributed by atoms with Gasteiger partial charge in [0.25, 0.3) is 0 Å². The molecule has 0 saturated heterocycles. The standard InChI is InChI=1S/C7H11N3O/c8-7(9)10-4-3-6-2-1-5-11-6/h1-2,5H,3-4H2,(H4,8,9,10). The molecule has 60 valence electrons. The van der Waals surface area contributed by atoms with Crippen molar-refractivity contribution >= 4 is 5.96 Å². The van der Waals surface area contributed by atoms with E-state index in [4.69, 9.17) is 15.9 Å². The van der Waals surface area contributed by atoms with Crippen LogP contribution in [0.2, 0.25) is 0 Å². The third kappa shape index (κ3) is 2.75. The number of guanidine groups is 1. The van der Waals surface area contributed by atoms with Crippen molar-refractivity contribution < 1.29 is 4.42 Å². The second-order valence-electron chi connectivity index (χ2n) is 2.14. The van der Waals surface area contributed by atoms with E-state index >= 15 is 0 Å². The first kappa shape index (κ1) is 7.65. The van der Waals surface area contributed by atoms with Crippen molar-refractivity contribution in [2.24, 2.45) is 16.5 Å². The van der Waals surface area contributed by atoms with Crippen LogP contribution in [0.5, 0.6) is 0 Å². The summed E-state index contributed by atoms with van der Waals surface area (Å²) in [6, 6.07) is 3.73. The number of furan rings is 1. The third-order valence-corrected chi connectivity index (χ3v) is 1.23. The molecule has 0 aliphatic rings. The van der Waals surface area contributed by atoms with Crippen LogP contribution >= 0.6 is 0 Å². The van der Waals surface area contributed by atoms with Crippen LogP contribution in [0.25, 0.3) is 0 Å². The molecule has 0 aromatic carbocycles. The smallest absolute Gasteiger partial charge is 0.185 e. The summed E-state index contributed by atoms with van der Waals surface area (Å²) in [6.07, 6.45) is 2.37. The molecule has 0 aliphatic carbocycles. The minimum absolute atomic E-state index is 0.122. The maximum absolute atomic E-state index is 5.13. The number of rotatable bonds is 3. The first-order chi connectivity index (χ1) is 5.29. The van der Waals surface area contributed by atoms with Crippen molar-refractivity contribution in [2.75, 3.05) is 6.54 Å². The van der Waals surface area contributed by atoms with Crippen molar-refractivity contribution in [3.05, 3.63) is 24.2 Å². The molecule has 0 atom stereocenters. The number of hydrogen-bond acceptors (Lipinski definition) is 2. The predicted octanol–water partition coefficient (Wildman–Crippen LogP) is 0.0955. The molecule has 0 amide bonds. The molecule has 0 fully saturated rings. The Balaban J connectivity index is 2.30. The second kappa shape index (κ2) is 3.65. The SMILES string of the molecule is NC(N)=NCCc1ccco1. The maximum Gasteiger partial charge on any atom is 0.185 e. The largest absolute Gasteiger partial charge is 0.469 e. The minimum atomic E-state index is 0.122. The summed E-state index contributed by atoms with van der Waals surface area (Å²) < 4.78 is 5.06. The lowest BCUT2D eigenvalue weighted by molar-refractivity contribution is 0.511. The molecular weight excluding hydrogens is 142 g/mol. The topological polar surface area (TPSA) is 77.5 Å². The van der Waals surface area contributed by atoms with Crippen molar-refractivity contribution in [3.8, 4) is 0 Å². The lowest BCUT2D eigenvalue weighted by Crippen LogP contribution is -2.23. The molecular formula is C7H11N3O. The van der Waals surface area contributed by atoms with Gasteiger partial charge >= 0.3 is 0 Å². The van der Waals surface area contributed by atoms with Gasteiger partial charge in [0, 0.05) is 13.0 Å². The monoisotopic (exact) mass is 153 g/mol. The van der Waals surface area contributed by atoms with Gasteiger partial charge < -0.3 is 15.9 Å². The highest BCUT2D eigenvalue weighted by molar-refractivity contribution is 5.75. The fraction of sp³-hybridized carbons (Fsp3) is 0.286. The Labute approximate surface area is 64.9 Å². The molecule has 0 radical (unpaired) electrons. The summed E-state index contributed by atoms with van der Waals surface area (Å²) in [4.78, 5) is 3.81.